The van der Waals surface area contributed by atoms with Gasteiger partial charge in [0.15, 0.2) is 0 Å². The van der Waals surface area contributed by atoms with Gasteiger partial charge in [0.05, 0.1) is 11.2 Å². The van der Waals surface area contributed by atoms with E-state index in [1.807, 2.05) is 44.6 Å². The number of aromatic nitrogens is 2. The SMILES string of the molecule is C1=Nc2c(cccc2[O][Al]([CH2]C2=CCCc3cccnc32)[CH2]c2cccc3cccnc23)CC1.CC. The maximum absolute atomic E-state index is 6.91. The summed E-state index contributed by atoms with van der Waals surface area (Å²) in [5.41, 5.74) is 8.47. The predicted octanol–water partition coefficient (Wildman–Crippen LogP) is 7.49. The van der Waals surface area contributed by atoms with Crippen LogP contribution in [-0.4, -0.2) is 30.7 Å². The van der Waals surface area contributed by atoms with Crippen molar-refractivity contribution in [2.75, 3.05) is 0 Å². The number of aryl methyl sites for hydroxylation is 2. The molecule has 0 radical (unpaired) electrons. The van der Waals surface area contributed by atoms with Crippen LogP contribution < -0.4 is 3.79 Å². The van der Waals surface area contributed by atoms with E-state index in [4.69, 9.17) is 18.7 Å². The highest BCUT2D eigenvalue weighted by Crippen LogP contribution is 2.36. The molecule has 0 saturated carbocycles. The van der Waals surface area contributed by atoms with Crippen LogP contribution in [-0.2, 0) is 18.1 Å². The number of rotatable bonds is 6. The zero-order valence-electron chi connectivity index (χ0n) is 21.2. The van der Waals surface area contributed by atoms with E-state index in [9.17, 15) is 0 Å². The second-order valence-electron chi connectivity index (χ2n) is 9.03. The third-order valence-electron chi connectivity index (χ3n) is 6.75. The zero-order valence-corrected chi connectivity index (χ0v) is 22.3. The van der Waals surface area contributed by atoms with Gasteiger partial charge in [-0.2, -0.15) is 0 Å². The van der Waals surface area contributed by atoms with Crippen molar-refractivity contribution in [2.24, 2.45) is 4.99 Å². The zero-order chi connectivity index (χ0) is 24.7. The summed E-state index contributed by atoms with van der Waals surface area (Å²) in [4.78, 5) is 14.2. The Labute approximate surface area is 218 Å². The molecule has 3 heterocycles. The normalized spacial score (nSPS) is 13.7. The van der Waals surface area contributed by atoms with E-state index < -0.39 is 14.5 Å². The van der Waals surface area contributed by atoms with Crippen LogP contribution in [0.5, 0.6) is 5.75 Å². The maximum Gasteiger partial charge on any atom is 0.556 e. The van der Waals surface area contributed by atoms with Crippen LogP contribution >= 0.6 is 0 Å². The highest BCUT2D eigenvalue weighted by molar-refractivity contribution is 6.54. The Kier molecular flexibility index (Phi) is 7.91. The van der Waals surface area contributed by atoms with Crippen molar-refractivity contribution in [3.8, 4) is 5.75 Å². The van der Waals surface area contributed by atoms with Crippen LogP contribution in [0.1, 0.15) is 49.1 Å². The van der Waals surface area contributed by atoms with Crippen LogP contribution in [0.4, 0.5) is 5.69 Å². The Morgan fingerprint density at radius 3 is 2.53 bits per heavy atom. The van der Waals surface area contributed by atoms with Crippen LogP contribution in [0.3, 0.4) is 0 Å². The molecule has 0 bridgehead atoms. The molecule has 5 heteroatoms. The van der Waals surface area contributed by atoms with Crippen molar-refractivity contribution >= 4 is 42.9 Å². The molecule has 0 N–H and O–H groups in total. The van der Waals surface area contributed by atoms with E-state index in [0.29, 0.717) is 0 Å². The molecule has 0 atom stereocenters. The number of aliphatic imine (C=N–C) groups is 1. The minimum absolute atomic E-state index is 0.904. The van der Waals surface area contributed by atoms with Gasteiger partial charge in [-0.25, -0.2) is 0 Å². The lowest BCUT2D eigenvalue weighted by atomic mass is 9.96. The van der Waals surface area contributed by atoms with Crippen molar-refractivity contribution in [3.05, 3.63) is 102 Å². The number of fused-ring (bicyclic) bond motifs is 3. The highest BCUT2D eigenvalue weighted by Gasteiger charge is 2.30. The Bertz CT molecular complexity index is 1410. The van der Waals surface area contributed by atoms with Gasteiger partial charge in [0.2, 0.25) is 0 Å². The van der Waals surface area contributed by atoms with Crippen LogP contribution in [0.15, 0.2) is 84.1 Å². The lowest BCUT2D eigenvalue weighted by Crippen LogP contribution is -2.27. The first-order chi connectivity index (χ1) is 17.8. The average Bonchev–Trinajstić information content (AvgIpc) is 2.95. The van der Waals surface area contributed by atoms with Gasteiger partial charge in [0, 0.05) is 24.0 Å². The van der Waals surface area contributed by atoms with Gasteiger partial charge >= 0.3 is 14.5 Å². The standard InChI is InChI=1S/C10H10N.C10H8N.C9H9NO.C2H6.Al/c2*1-8-4-2-5-9-6-3-7-11-10(8)9;11-8-5-1-3-7-4-2-6-10-9(7)8;1-2;/h3-4,6-7H,1-2,5H2;2-7H,1H2;1,3,5-6,11H,2,4H2;1-2H3;/q;;;;+1/p-1. The molecule has 2 aromatic heterocycles. The number of nitrogens with zero attached hydrogens (tertiary/aromatic N) is 3. The third-order valence-corrected chi connectivity index (χ3v) is 9.13. The van der Waals surface area contributed by atoms with Gasteiger partial charge in [-0.3, -0.25) is 15.0 Å². The molecule has 0 unspecified atom stereocenters. The van der Waals surface area contributed by atoms with E-state index in [-0.39, 0.29) is 0 Å². The molecule has 1 aliphatic heterocycles. The Hall–Kier alpha value is -3.26. The van der Waals surface area contributed by atoms with Crippen LogP contribution in [0.2, 0.25) is 5.28 Å². The second-order valence-corrected chi connectivity index (χ2v) is 11.3. The molecule has 36 heavy (non-hydrogen) atoms. The molecule has 0 fully saturated rings. The predicted molar refractivity (Wildman–Crippen MR) is 151 cm³/mol. The summed E-state index contributed by atoms with van der Waals surface area (Å²) in [6, 6.07) is 21.2. The highest BCUT2D eigenvalue weighted by atomic mass is 27.2. The number of hydrogen-bond acceptors (Lipinski definition) is 4. The largest absolute Gasteiger partial charge is 0.641 e. The molecule has 180 valence electrons. The molecule has 4 aromatic rings. The van der Waals surface area contributed by atoms with Gasteiger partial charge in [-0.15, -0.1) is 0 Å². The summed E-state index contributed by atoms with van der Waals surface area (Å²) in [5.74, 6) is 0.927. The monoisotopic (exact) mass is 489 g/mol. The van der Waals surface area contributed by atoms with Gasteiger partial charge in [0.25, 0.3) is 0 Å². The van der Waals surface area contributed by atoms with E-state index in [2.05, 4.69) is 54.6 Å². The molecule has 2 aliphatic rings. The molecule has 4 nitrogen and oxygen atoms in total. The van der Waals surface area contributed by atoms with E-state index in [0.717, 1.165) is 58.9 Å². The quantitative estimate of drug-likeness (QED) is 0.264. The van der Waals surface area contributed by atoms with Crippen molar-refractivity contribution in [1.29, 1.82) is 0 Å². The summed E-state index contributed by atoms with van der Waals surface area (Å²) < 4.78 is 6.91. The van der Waals surface area contributed by atoms with Crippen molar-refractivity contribution in [2.45, 2.75) is 50.1 Å². The number of benzene rings is 2. The number of hydrogen-bond donors (Lipinski definition) is 0. The minimum atomic E-state index is -1.80. The fourth-order valence-electron chi connectivity index (χ4n) is 5.15. The van der Waals surface area contributed by atoms with Gasteiger partial charge in [0.1, 0.15) is 11.4 Å². The van der Waals surface area contributed by atoms with Crippen molar-refractivity contribution in [3.63, 3.8) is 0 Å². The maximum atomic E-state index is 6.91. The van der Waals surface area contributed by atoms with Gasteiger partial charge in [-0.05, 0) is 76.7 Å². The second kappa shape index (κ2) is 11.7. The molecule has 1 aliphatic carbocycles. The van der Waals surface area contributed by atoms with Crippen LogP contribution in [0, 0.1) is 0 Å². The fraction of sp³-hybridized carbons (Fsp3) is 0.258. The number of para-hydroxylation sites is 2. The topological polar surface area (TPSA) is 47.4 Å². The van der Waals surface area contributed by atoms with Crippen molar-refractivity contribution < 1.29 is 3.79 Å². The molecule has 0 spiro atoms. The minimum Gasteiger partial charge on any atom is -0.641 e. The van der Waals surface area contributed by atoms with Gasteiger partial charge in [-0.1, -0.05) is 62.4 Å². The fourth-order valence-corrected chi connectivity index (χ4v) is 7.68. The Morgan fingerprint density at radius 2 is 1.58 bits per heavy atom. The lowest BCUT2D eigenvalue weighted by Gasteiger charge is -2.23. The molecule has 0 saturated heterocycles. The van der Waals surface area contributed by atoms with E-state index in [1.54, 1.807) is 0 Å². The van der Waals surface area contributed by atoms with E-state index >= 15 is 0 Å². The average molecular weight is 490 g/mol. The third kappa shape index (κ3) is 5.28. The Morgan fingerprint density at radius 1 is 0.806 bits per heavy atom. The molecule has 0 amide bonds. The number of allylic oxidation sites excluding steroid dienone is 2. The van der Waals surface area contributed by atoms with Crippen LogP contribution in [0.25, 0.3) is 16.5 Å². The molecular formula is C31H32AlN3O. The summed E-state index contributed by atoms with van der Waals surface area (Å²) in [6.45, 7) is 4.00. The summed E-state index contributed by atoms with van der Waals surface area (Å²) in [5, 5.41) is 3.01. The Balaban J connectivity index is 0.00000130. The first kappa shape index (κ1) is 24.4. The first-order valence-electron chi connectivity index (χ1n) is 13.1. The van der Waals surface area contributed by atoms with E-state index in [1.165, 1.54) is 27.6 Å². The van der Waals surface area contributed by atoms with Crippen molar-refractivity contribution in [1.82, 2.24) is 9.97 Å². The first-order valence-corrected chi connectivity index (χ1v) is 15.2. The molecule has 2 aromatic carbocycles. The lowest BCUT2D eigenvalue weighted by molar-refractivity contribution is 0.567. The smallest absolute Gasteiger partial charge is 0.556 e. The number of pyridine rings is 2. The molecular weight excluding hydrogens is 457 g/mol. The summed E-state index contributed by atoms with van der Waals surface area (Å²) in [6.07, 6.45) is 12.3. The summed E-state index contributed by atoms with van der Waals surface area (Å²) in [7, 11) is 0. The van der Waals surface area contributed by atoms with Gasteiger partial charge < -0.3 is 3.79 Å². The summed E-state index contributed by atoms with van der Waals surface area (Å²) >= 11 is -1.80. The molecule has 6 rings (SSSR count).